The summed E-state index contributed by atoms with van der Waals surface area (Å²) in [4.78, 5) is 25.9. The van der Waals surface area contributed by atoms with Gasteiger partial charge in [-0.05, 0) is 36.2 Å². The van der Waals surface area contributed by atoms with Crippen molar-refractivity contribution >= 4 is 27.7 Å². The van der Waals surface area contributed by atoms with Gasteiger partial charge in [-0.15, -0.1) is 0 Å². The van der Waals surface area contributed by atoms with Crippen molar-refractivity contribution in [3.63, 3.8) is 0 Å². The Hall–Kier alpha value is -1.37. The third-order valence-electron chi connectivity index (χ3n) is 3.65. The molecule has 1 aromatic heterocycles. The van der Waals surface area contributed by atoms with Crippen molar-refractivity contribution in [1.82, 2.24) is 20.0 Å². The van der Waals surface area contributed by atoms with Gasteiger partial charge in [0.25, 0.3) is 0 Å². The third kappa shape index (κ3) is 3.28. The molecule has 0 bridgehead atoms. The standard InChI is InChI=1S/C14H21BrN4O2/c1-4-6-10-14(21)18(8-12(20)16-10)7-11-13(15)9(3)17-19(11)5-2/h10H,4-8H2,1-3H3,(H,16,20). The highest BCUT2D eigenvalue weighted by atomic mass is 79.9. The van der Waals surface area contributed by atoms with E-state index in [1.165, 1.54) is 0 Å². The summed E-state index contributed by atoms with van der Waals surface area (Å²) < 4.78 is 2.78. The van der Waals surface area contributed by atoms with Crippen molar-refractivity contribution in [2.24, 2.45) is 0 Å². The maximum atomic E-state index is 12.4. The SMILES string of the molecule is CCCC1NC(=O)CN(Cc2c(Br)c(C)nn2CC)C1=O. The second-order valence-electron chi connectivity index (χ2n) is 5.26. The van der Waals surface area contributed by atoms with E-state index in [9.17, 15) is 9.59 Å². The molecule has 21 heavy (non-hydrogen) atoms. The van der Waals surface area contributed by atoms with Gasteiger partial charge in [-0.1, -0.05) is 13.3 Å². The molecule has 2 rings (SSSR count). The number of aryl methyl sites for hydroxylation is 2. The fourth-order valence-electron chi connectivity index (χ4n) is 2.59. The van der Waals surface area contributed by atoms with E-state index in [0.29, 0.717) is 13.0 Å². The number of hydrogen-bond acceptors (Lipinski definition) is 3. The Labute approximate surface area is 133 Å². The molecule has 116 valence electrons. The smallest absolute Gasteiger partial charge is 0.245 e. The van der Waals surface area contributed by atoms with E-state index in [2.05, 4.69) is 26.3 Å². The van der Waals surface area contributed by atoms with Crippen LogP contribution in [0.1, 0.15) is 38.1 Å². The van der Waals surface area contributed by atoms with Crippen LogP contribution in [-0.2, 0) is 22.7 Å². The molecule has 1 aromatic rings. The van der Waals surface area contributed by atoms with Crippen LogP contribution in [0.3, 0.4) is 0 Å². The predicted molar refractivity (Wildman–Crippen MR) is 82.6 cm³/mol. The van der Waals surface area contributed by atoms with Gasteiger partial charge in [0.15, 0.2) is 0 Å². The Kier molecular flexibility index (Phi) is 5.03. The number of carbonyl (C=O) groups is 2. The van der Waals surface area contributed by atoms with Crippen molar-refractivity contribution in [2.75, 3.05) is 6.54 Å². The Morgan fingerprint density at radius 3 is 2.71 bits per heavy atom. The Morgan fingerprint density at radius 1 is 1.38 bits per heavy atom. The van der Waals surface area contributed by atoms with Crippen LogP contribution in [0.25, 0.3) is 0 Å². The second-order valence-corrected chi connectivity index (χ2v) is 6.06. The summed E-state index contributed by atoms with van der Waals surface area (Å²) in [6, 6.07) is -0.394. The van der Waals surface area contributed by atoms with Gasteiger partial charge in [0.2, 0.25) is 11.8 Å². The van der Waals surface area contributed by atoms with Gasteiger partial charge in [0.05, 0.1) is 22.4 Å². The molecule has 1 unspecified atom stereocenters. The first-order valence-corrected chi connectivity index (χ1v) is 8.07. The van der Waals surface area contributed by atoms with Crippen molar-refractivity contribution < 1.29 is 9.59 Å². The molecule has 1 N–H and O–H groups in total. The summed E-state index contributed by atoms with van der Waals surface area (Å²) in [6.07, 6.45) is 1.54. The quantitative estimate of drug-likeness (QED) is 0.871. The highest BCUT2D eigenvalue weighted by Crippen LogP contribution is 2.23. The van der Waals surface area contributed by atoms with Crippen LogP contribution in [0.4, 0.5) is 0 Å². The van der Waals surface area contributed by atoms with Crippen LogP contribution < -0.4 is 5.32 Å². The number of nitrogens with one attached hydrogen (secondary N) is 1. The zero-order valence-electron chi connectivity index (χ0n) is 12.6. The molecule has 6 nitrogen and oxygen atoms in total. The van der Waals surface area contributed by atoms with Crippen LogP contribution in [0.15, 0.2) is 4.47 Å². The van der Waals surface area contributed by atoms with Crippen LogP contribution in [0.5, 0.6) is 0 Å². The Morgan fingerprint density at radius 2 is 2.10 bits per heavy atom. The Balaban J connectivity index is 2.21. The topological polar surface area (TPSA) is 67.2 Å². The number of piperazine rings is 1. The van der Waals surface area contributed by atoms with E-state index in [4.69, 9.17) is 0 Å². The molecule has 2 amide bonds. The van der Waals surface area contributed by atoms with Crippen LogP contribution in [0, 0.1) is 6.92 Å². The van der Waals surface area contributed by atoms with Crippen LogP contribution in [-0.4, -0.2) is 39.1 Å². The lowest BCUT2D eigenvalue weighted by Gasteiger charge is -2.32. The van der Waals surface area contributed by atoms with E-state index < -0.39 is 6.04 Å². The molecule has 1 atom stereocenters. The van der Waals surface area contributed by atoms with Crippen molar-refractivity contribution in [2.45, 2.75) is 52.7 Å². The molecular weight excluding hydrogens is 336 g/mol. The normalized spacial score (nSPS) is 19.0. The first-order chi connectivity index (χ1) is 9.97. The highest BCUT2D eigenvalue weighted by molar-refractivity contribution is 9.10. The molecule has 0 radical (unpaired) electrons. The Bertz CT molecular complexity index is 555. The average molecular weight is 357 g/mol. The maximum Gasteiger partial charge on any atom is 0.245 e. The van der Waals surface area contributed by atoms with E-state index in [1.807, 2.05) is 25.5 Å². The number of hydrogen-bond donors (Lipinski definition) is 1. The number of carbonyl (C=O) groups excluding carboxylic acids is 2. The first-order valence-electron chi connectivity index (χ1n) is 7.27. The summed E-state index contributed by atoms with van der Waals surface area (Å²) in [5, 5.41) is 7.19. The van der Waals surface area contributed by atoms with Gasteiger partial charge in [0, 0.05) is 6.54 Å². The maximum absolute atomic E-state index is 12.4. The minimum absolute atomic E-state index is 0.00939. The molecule has 1 fully saturated rings. The zero-order valence-corrected chi connectivity index (χ0v) is 14.2. The molecule has 0 saturated carbocycles. The summed E-state index contributed by atoms with van der Waals surface area (Å²) in [6.45, 7) is 7.18. The van der Waals surface area contributed by atoms with Gasteiger partial charge in [-0.3, -0.25) is 14.3 Å². The van der Waals surface area contributed by atoms with E-state index in [-0.39, 0.29) is 18.4 Å². The van der Waals surface area contributed by atoms with Crippen LogP contribution >= 0.6 is 15.9 Å². The number of rotatable bonds is 5. The zero-order chi connectivity index (χ0) is 15.6. The number of nitrogens with zero attached hydrogens (tertiary/aromatic N) is 3. The van der Waals surface area contributed by atoms with Gasteiger partial charge < -0.3 is 10.2 Å². The monoisotopic (exact) mass is 356 g/mol. The molecule has 0 aliphatic carbocycles. The summed E-state index contributed by atoms with van der Waals surface area (Å²) in [7, 11) is 0. The number of aromatic nitrogens is 2. The number of halogens is 1. The molecular formula is C14H21BrN4O2. The lowest BCUT2D eigenvalue weighted by atomic mass is 10.1. The summed E-state index contributed by atoms with van der Waals surface area (Å²) in [5.41, 5.74) is 1.83. The van der Waals surface area contributed by atoms with E-state index in [0.717, 1.165) is 28.8 Å². The minimum atomic E-state index is -0.394. The van der Waals surface area contributed by atoms with Crippen molar-refractivity contribution in [3.8, 4) is 0 Å². The molecule has 0 spiro atoms. The third-order valence-corrected chi connectivity index (χ3v) is 4.68. The summed E-state index contributed by atoms with van der Waals surface area (Å²) in [5.74, 6) is -0.103. The van der Waals surface area contributed by atoms with Gasteiger partial charge in [0.1, 0.15) is 12.6 Å². The average Bonchev–Trinajstić information content (AvgIpc) is 2.71. The predicted octanol–water partition coefficient (Wildman–Crippen LogP) is 1.60. The largest absolute Gasteiger partial charge is 0.343 e. The summed E-state index contributed by atoms with van der Waals surface area (Å²) >= 11 is 3.53. The molecule has 0 aromatic carbocycles. The van der Waals surface area contributed by atoms with E-state index >= 15 is 0 Å². The fourth-order valence-corrected chi connectivity index (χ4v) is 3.00. The molecule has 7 heteroatoms. The van der Waals surface area contributed by atoms with E-state index in [1.54, 1.807) is 4.90 Å². The molecule has 1 aliphatic rings. The molecule has 1 saturated heterocycles. The highest BCUT2D eigenvalue weighted by Gasteiger charge is 2.32. The fraction of sp³-hybridized carbons (Fsp3) is 0.643. The van der Waals surface area contributed by atoms with Gasteiger partial charge >= 0.3 is 0 Å². The number of amides is 2. The van der Waals surface area contributed by atoms with Gasteiger partial charge in [-0.25, -0.2) is 0 Å². The lowest BCUT2D eigenvalue weighted by Crippen LogP contribution is -2.57. The second kappa shape index (κ2) is 6.60. The van der Waals surface area contributed by atoms with Crippen LogP contribution in [0.2, 0.25) is 0 Å². The molecule has 1 aliphatic heterocycles. The first kappa shape index (κ1) is 16.0. The minimum Gasteiger partial charge on any atom is -0.343 e. The lowest BCUT2D eigenvalue weighted by molar-refractivity contribution is -0.145. The van der Waals surface area contributed by atoms with Crippen molar-refractivity contribution in [1.29, 1.82) is 0 Å². The molecule has 2 heterocycles. The van der Waals surface area contributed by atoms with Gasteiger partial charge in [-0.2, -0.15) is 5.10 Å². The van der Waals surface area contributed by atoms with Crippen molar-refractivity contribution in [3.05, 3.63) is 15.9 Å².